The maximum atomic E-state index is 13.7. The van der Waals surface area contributed by atoms with E-state index in [4.69, 9.17) is 11.2 Å². The zero-order chi connectivity index (χ0) is 27.1. The molecule has 3 amide bonds. The Balaban J connectivity index is 3.36. The number of nitriles is 1. The summed E-state index contributed by atoms with van der Waals surface area (Å²) in [5, 5.41) is 15.1. The largest absolute Gasteiger partial charge is 0.444 e. The zero-order valence-electron chi connectivity index (χ0n) is 21.9. The van der Waals surface area contributed by atoms with Gasteiger partial charge in [0.15, 0.2) is 0 Å². The van der Waals surface area contributed by atoms with E-state index in [9.17, 15) is 19.6 Å². The Hall–Kier alpha value is -3.17. The van der Waals surface area contributed by atoms with E-state index < -0.39 is 35.6 Å². The van der Waals surface area contributed by atoms with Crippen LogP contribution in [-0.2, 0) is 14.3 Å². The van der Waals surface area contributed by atoms with E-state index >= 15 is 0 Å². The van der Waals surface area contributed by atoms with Crippen molar-refractivity contribution in [1.82, 2.24) is 15.5 Å². The molecule has 196 valence electrons. The first-order chi connectivity index (χ1) is 17.1. The molecule has 1 rings (SSSR count). The molecule has 36 heavy (non-hydrogen) atoms. The first-order valence-electron chi connectivity index (χ1n) is 12.1. The zero-order valence-corrected chi connectivity index (χ0v) is 22.7. The number of ether oxygens (including phenoxy) is 1. The fourth-order valence-electron chi connectivity index (χ4n) is 3.43. The van der Waals surface area contributed by atoms with Crippen molar-refractivity contribution in [2.45, 2.75) is 71.1 Å². The number of rotatable bonds is 13. The van der Waals surface area contributed by atoms with E-state index in [-0.39, 0.29) is 6.54 Å². The molecule has 9 heteroatoms. The van der Waals surface area contributed by atoms with E-state index in [1.165, 1.54) is 16.7 Å². The van der Waals surface area contributed by atoms with Crippen molar-refractivity contribution >= 4 is 29.7 Å². The minimum Gasteiger partial charge on any atom is -0.444 e. The first-order valence-corrected chi connectivity index (χ1v) is 13.5. The molecular weight excluding hydrogens is 476 g/mol. The third kappa shape index (κ3) is 10.6. The van der Waals surface area contributed by atoms with Gasteiger partial charge in [-0.2, -0.15) is 17.0 Å². The molecule has 0 saturated carbocycles. The molecule has 0 aliphatic heterocycles. The molecule has 0 aromatic heterocycles. The highest BCUT2D eigenvalue weighted by Crippen LogP contribution is 2.24. The van der Waals surface area contributed by atoms with Crippen LogP contribution >= 0.6 is 11.8 Å². The van der Waals surface area contributed by atoms with Crippen LogP contribution in [-0.4, -0.2) is 59.5 Å². The van der Waals surface area contributed by atoms with Crippen molar-refractivity contribution in [2.75, 3.05) is 25.1 Å². The number of alkyl carbamates (subject to hydrolysis) is 1. The van der Waals surface area contributed by atoms with Gasteiger partial charge in [0.25, 0.3) is 0 Å². The van der Waals surface area contributed by atoms with Crippen LogP contribution in [0, 0.1) is 23.7 Å². The summed E-state index contributed by atoms with van der Waals surface area (Å²) < 4.78 is 5.34. The third-order valence-corrected chi connectivity index (χ3v) is 5.80. The van der Waals surface area contributed by atoms with Crippen LogP contribution in [0.1, 0.15) is 70.5 Å². The number of benzene rings is 1. The van der Waals surface area contributed by atoms with E-state index in [0.29, 0.717) is 29.8 Å². The third-order valence-electron chi connectivity index (χ3n) is 5.16. The Kier molecular flexibility index (Phi) is 13.5. The molecule has 0 fully saturated rings. The van der Waals surface area contributed by atoms with Crippen molar-refractivity contribution in [3.8, 4) is 18.4 Å². The summed E-state index contributed by atoms with van der Waals surface area (Å²) in [6, 6.07) is 6.70. The number of amides is 3. The predicted octanol–water partition coefficient (Wildman–Crippen LogP) is 4.01. The van der Waals surface area contributed by atoms with Crippen LogP contribution in [0.4, 0.5) is 4.79 Å². The van der Waals surface area contributed by atoms with Gasteiger partial charge in [-0.3, -0.25) is 9.59 Å². The van der Waals surface area contributed by atoms with Gasteiger partial charge in [0.1, 0.15) is 24.2 Å². The van der Waals surface area contributed by atoms with Crippen molar-refractivity contribution in [3.05, 3.63) is 35.4 Å². The molecule has 0 heterocycles. The number of carbonyl (C=O) groups excluding carboxylic acids is 3. The van der Waals surface area contributed by atoms with Crippen molar-refractivity contribution in [3.63, 3.8) is 0 Å². The highest BCUT2D eigenvalue weighted by atomic mass is 32.2. The van der Waals surface area contributed by atoms with Gasteiger partial charge in [0.2, 0.25) is 11.8 Å². The summed E-state index contributed by atoms with van der Waals surface area (Å²) in [7, 11) is 0. The lowest BCUT2D eigenvalue weighted by Crippen LogP contribution is -2.53. The Labute approximate surface area is 219 Å². The van der Waals surface area contributed by atoms with E-state index in [0.717, 1.165) is 19.3 Å². The van der Waals surface area contributed by atoms with E-state index in [2.05, 4.69) is 23.5 Å². The predicted molar refractivity (Wildman–Crippen MR) is 143 cm³/mol. The van der Waals surface area contributed by atoms with Gasteiger partial charge in [-0.05, 0) is 63.3 Å². The molecule has 1 aromatic rings. The highest BCUT2D eigenvalue weighted by Gasteiger charge is 2.36. The van der Waals surface area contributed by atoms with Gasteiger partial charge in [-0.1, -0.05) is 37.8 Å². The van der Waals surface area contributed by atoms with Gasteiger partial charge < -0.3 is 20.3 Å². The molecule has 2 unspecified atom stereocenters. The monoisotopic (exact) mass is 514 g/mol. The van der Waals surface area contributed by atoms with Crippen molar-refractivity contribution < 1.29 is 19.1 Å². The molecule has 0 bridgehead atoms. The average Bonchev–Trinajstić information content (AvgIpc) is 2.83. The Morgan fingerprint density at radius 2 is 1.86 bits per heavy atom. The van der Waals surface area contributed by atoms with Crippen LogP contribution in [0.25, 0.3) is 0 Å². The lowest BCUT2D eigenvalue weighted by Gasteiger charge is -2.33. The number of thioether (sulfide) groups is 1. The van der Waals surface area contributed by atoms with Crippen LogP contribution in [0.5, 0.6) is 0 Å². The van der Waals surface area contributed by atoms with Gasteiger partial charge in [0, 0.05) is 12.1 Å². The molecular formula is C27H38N4O4S. The van der Waals surface area contributed by atoms with Crippen LogP contribution in [0.15, 0.2) is 24.3 Å². The molecule has 0 aliphatic rings. The lowest BCUT2D eigenvalue weighted by molar-refractivity contribution is -0.141. The molecule has 2 N–H and O–H groups in total. The SMILES string of the molecule is C#Cc1ccc(C(C(=O)NCCCCC)N(CC#N)C(=O)C(CCSC)NC(=O)OC(C)(C)C)cc1. The van der Waals surface area contributed by atoms with Gasteiger partial charge in [0.05, 0.1) is 6.07 Å². The highest BCUT2D eigenvalue weighted by molar-refractivity contribution is 7.98. The number of terminal acetylenes is 1. The second-order valence-electron chi connectivity index (χ2n) is 9.27. The van der Waals surface area contributed by atoms with Gasteiger partial charge in [-0.15, -0.1) is 6.42 Å². The topological polar surface area (TPSA) is 112 Å². The van der Waals surface area contributed by atoms with Crippen molar-refractivity contribution in [2.24, 2.45) is 0 Å². The maximum Gasteiger partial charge on any atom is 0.408 e. The lowest BCUT2D eigenvalue weighted by atomic mass is 10.0. The molecule has 1 aromatic carbocycles. The Morgan fingerprint density at radius 3 is 2.39 bits per heavy atom. The summed E-state index contributed by atoms with van der Waals surface area (Å²) >= 11 is 1.52. The van der Waals surface area contributed by atoms with Gasteiger partial charge in [-0.25, -0.2) is 4.79 Å². The molecule has 0 radical (unpaired) electrons. The summed E-state index contributed by atoms with van der Waals surface area (Å²) in [5.41, 5.74) is 0.401. The summed E-state index contributed by atoms with van der Waals surface area (Å²) in [6.07, 6.45) is 9.69. The molecule has 0 saturated heterocycles. The van der Waals surface area contributed by atoms with Crippen LogP contribution in [0.3, 0.4) is 0 Å². The Bertz CT molecular complexity index is 944. The molecule has 0 spiro atoms. The summed E-state index contributed by atoms with van der Waals surface area (Å²) in [4.78, 5) is 40.8. The number of nitrogens with one attached hydrogen (secondary N) is 2. The number of unbranched alkanes of at least 4 members (excludes halogenated alkanes) is 2. The molecule has 0 aliphatic carbocycles. The second kappa shape index (κ2) is 15.7. The average molecular weight is 515 g/mol. The quantitative estimate of drug-likeness (QED) is 0.234. The number of hydrogen-bond donors (Lipinski definition) is 2. The fourth-order valence-corrected chi connectivity index (χ4v) is 3.90. The molecule has 8 nitrogen and oxygen atoms in total. The standard InChI is InChI=1S/C27H38N4O4S/c1-7-9-10-17-29-24(32)23(21-13-11-20(8-2)12-14-21)31(18-16-28)25(33)22(15-19-36-6)30-26(34)35-27(3,4)5/h2,11-14,22-23H,7,9-10,15,17-19H2,1,3-6H3,(H,29,32)(H,30,34). The maximum absolute atomic E-state index is 13.7. The normalized spacial score (nSPS) is 12.4. The van der Waals surface area contributed by atoms with E-state index in [1.54, 1.807) is 45.0 Å². The number of hydrogen-bond acceptors (Lipinski definition) is 6. The first kappa shape index (κ1) is 30.9. The minimum absolute atomic E-state index is 0.308. The second-order valence-corrected chi connectivity index (χ2v) is 10.3. The smallest absolute Gasteiger partial charge is 0.408 e. The van der Waals surface area contributed by atoms with Gasteiger partial charge >= 0.3 is 6.09 Å². The molecule has 2 atom stereocenters. The van der Waals surface area contributed by atoms with Crippen LogP contribution < -0.4 is 10.6 Å². The van der Waals surface area contributed by atoms with Crippen molar-refractivity contribution in [1.29, 1.82) is 5.26 Å². The summed E-state index contributed by atoms with van der Waals surface area (Å²) in [6.45, 7) is 7.36. The summed E-state index contributed by atoms with van der Waals surface area (Å²) in [5.74, 6) is 2.18. The Morgan fingerprint density at radius 1 is 1.19 bits per heavy atom. The fraction of sp³-hybridized carbons (Fsp3) is 0.556. The number of nitrogens with zero attached hydrogens (tertiary/aromatic N) is 2. The van der Waals surface area contributed by atoms with Crippen LogP contribution in [0.2, 0.25) is 0 Å². The van der Waals surface area contributed by atoms with E-state index in [1.807, 2.05) is 12.3 Å². The number of carbonyl (C=O) groups is 3. The minimum atomic E-state index is -1.07.